The predicted molar refractivity (Wildman–Crippen MR) is 96.9 cm³/mol. The molecule has 0 saturated heterocycles. The van der Waals surface area contributed by atoms with Crippen molar-refractivity contribution >= 4 is 5.97 Å². The van der Waals surface area contributed by atoms with E-state index in [-0.39, 0.29) is 11.7 Å². The molecular formula is C21H26F2O3. The lowest BCUT2D eigenvalue weighted by Crippen LogP contribution is -2.26. The van der Waals surface area contributed by atoms with Gasteiger partial charge >= 0.3 is 5.97 Å². The topological polar surface area (TPSA) is 35.5 Å². The summed E-state index contributed by atoms with van der Waals surface area (Å²) in [4.78, 5) is 12.3. The summed E-state index contributed by atoms with van der Waals surface area (Å²) >= 11 is 0. The normalized spacial score (nSPS) is 20.6. The standard InChI is InChI=1S/C21H26F2O3/c1-3-5-6-7-15-8-10-16(11-9-15)21(24)26-18-13-12-17(25-14-4-2)19(22)20(18)23/h3-5,12-16H,6-11H2,1-2H3. The molecule has 26 heavy (non-hydrogen) atoms. The van der Waals surface area contributed by atoms with Crippen LogP contribution < -0.4 is 9.47 Å². The highest BCUT2D eigenvalue weighted by Crippen LogP contribution is 2.34. The minimum absolute atomic E-state index is 0.248. The molecule has 0 N–H and O–H groups in total. The molecule has 0 spiro atoms. The Hall–Kier alpha value is -2.17. The molecule has 0 heterocycles. The van der Waals surface area contributed by atoms with Crippen LogP contribution in [-0.2, 0) is 4.79 Å². The Labute approximate surface area is 153 Å². The minimum Gasteiger partial charge on any atom is -0.462 e. The molecule has 5 heteroatoms. The fourth-order valence-corrected chi connectivity index (χ4v) is 3.20. The smallest absolute Gasteiger partial charge is 0.314 e. The van der Waals surface area contributed by atoms with E-state index < -0.39 is 23.4 Å². The van der Waals surface area contributed by atoms with Crippen LogP contribution >= 0.6 is 0 Å². The number of hydrogen-bond acceptors (Lipinski definition) is 3. The molecule has 0 atom stereocenters. The monoisotopic (exact) mass is 364 g/mol. The Kier molecular flexibility index (Phi) is 7.82. The Bertz CT molecular complexity index is 659. The third-order valence-corrected chi connectivity index (χ3v) is 4.71. The van der Waals surface area contributed by atoms with E-state index in [1.807, 2.05) is 13.0 Å². The van der Waals surface area contributed by atoms with Crippen LogP contribution in [0.25, 0.3) is 0 Å². The highest BCUT2D eigenvalue weighted by atomic mass is 19.2. The van der Waals surface area contributed by atoms with Crippen molar-refractivity contribution in [1.29, 1.82) is 0 Å². The first-order valence-electron chi connectivity index (χ1n) is 9.15. The molecular weight excluding hydrogens is 338 g/mol. The lowest BCUT2D eigenvalue weighted by atomic mass is 9.80. The SMILES string of the molecule is CC=CCCC1CCC(C(=O)Oc2ccc(OC=CC)c(F)c2F)CC1. The van der Waals surface area contributed by atoms with Gasteiger partial charge in [0.05, 0.1) is 12.2 Å². The first kappa shape index (κ1) is 20.1. The number of ether oxygens (including phenoxy) is 2. The van der Waals surface area contributed by atoms with E-state index in [9.17, 15) is 13.6 Å². The molecule has 1 fully saturated rings. The number of rotatable bonds is 7. The zero-order valence-electron chi connectivity index (χ0n) is 15.3. The summed E-state index contributed by atoms with van der Waals surface area (Å²) in [6.07, 6.45) is 12.6. The van der Waals surface area contributed by atoms with Crippen LogP contribution in [0.1, 0.15) is 52.4 Å². The number of carbonyl (C=O) groups excluding carboxylic acids is 1. The van der Waals surface area contributed by atoms with Gasteiger partial charge in [0.25, 0.3) is 0 Å². The van der Waals surface area contributed by atoms with Crippen molar-refractivity contribution in [1.82, 2.24) is 0 Å². The van der Waals surface area contributed by atoms with Gasteiger partial charge in [0.1, 0.15) is 0 Å². The van der Waals surface area contributed by atoms with Crippen LogP contribution in [0.5, 0.6) is 11.5 Å². The van der Waals surface area contributed by atoms with Crippen molar-refractivity contribution in [2.24, 2.45) is 11.8 Å². The van der Waals surface area contributed by atoms with Gasteiger partial charge in [-0.1, -0.05) is 18.2 Å². The quantitative estimate of drug-likeness (QED) is 0.260. The first-order chi connectivity index (χ1) is 12.6. The van der Waals surface area contributed by atoms with Crippen LogP contribution in [0.2, 0.25) is 0 Å². The molecule has 1 aliphatic rings. The average Bonchev–Trinajstić information content (AvgIpc) is 2.65. The molecule has 0 bridgehead atoms. The molecule has 1 aromatic carbocycles. The second kappa shape index (κ2) is 10.1. The van der Waals surface area contributed by atoms with Crippen molar-refractivity contribution in [3.05, 3.63) is 48.3 Å². The van der Waals surface area contributed by atoms with Gasteiger partial charge in [-0.25, -0.2) is 0 Å². The van der Waals surface area contributed by atoms with E-state index in [0.29, 0.717) is 5.92 Å². The van der Waals surface area contributed by atoms with Crippen molar-refractivity contribution in [2.75, 3.05) is 0 Å². The maximum Gasteiger partial charge on any atom is 0.314 e. The lowest BCUT2D eigenvalue weighted by Gasteiger charge is -2.27. The number of carbonyl (C=O) groups is 1. The van der Waals surface area contributed by atoms with Gasteiger partial charge in [-0.15, -0.1) is 0 Å². The Balaban J connectivity index is 1.91. The van der Waals surface area contributed by atoms with E-state index >= 15 is 0 Å². The molecule has 1 saturated carbocycles. The van der Waals surface area contributed by atoms with Crippen molar-refractivity contribution < 1.29 is 23.0 Å². The van der Waals surface area contributed by atoms with E-state index in [1.165, 1.54) is 18.4 Å². The highest BCUT2D eigenvalue weighted by molar-refractivity contribution is 5.75. The first-order valence-corrected chi connectivity index (χ1v) is 9.15. The molecule has 1 aliphatic carbocycles. The molecule has 0 amide bonds. The largest absolute Gasteiger partial charge is 0.462 e. The van der Waals surface area contributed by atoms with Crippen molar-refractivity contribution in [2.45, 2.75) is 52.4 Å². The molecule has 2 rings (SSSR count). The van der Waals surface area contributed by atoms with Crippen molar-refractivity contribution in [3.63, 3.8) is 0 Å². The second-order valence-corrected chi connectivity index (χ2v) is 6.56. The number of esters is 1. The van der Waals surface area contributed by atoms with Gasteiger partial charge in [0.15, 0.2) is 11.5 Å². The van der Waals surface area contributed by atoms with Crippen molar-refractivity contribution in [3.8, 4) is 11.5 Å². The molecule has 0 radical (unpaired) electrons. The van der Waals surface area contributed by atoms with Gasteiger partial charge in [-0.3, -0.25) is 4.79 Å². The summed E-state index contributed by atoms with van der Waals surface area (Å²) in [6.45, 7) is 3.70. The van der Waals surface area contributed by atoms with Gasteiger partial charge in [-0.05, 0) is 70.4 Å². The molecule has 0 aromatic heterocycles. The molecule has 3 nitrogen and oxygen atoms in total. The molecule has 142 valence electrons. The lowest BCUT2D eigenvalue weighted by molar-refractivity contribution is -0.140. The number of hydrogen-bond donors (Lipinski definition) is 0. The van der Waals surface area contributed by atoms with Crippen LogP contribution in [0, 0.1) is 23.5 Å². The van der Waals surface area contributed by atoms with Crippen LogP contribution in [0.15, 0.2) is 36.6 Å². The Morgan fingerprint density at radius 2 is 1.73 bits per heavy atom. The highest BCUT2D eigenvalue weighted by Gasteiger charge is 2.28. The maximum atomic E-state index is 14.1. The van der Waals surface area contributed by atoms with E-state index in [0.717, 1.165) is 38.5 Å². The predicted octanol–water partition coefficient (Wildman–Crippen LogP) is 5.95. The van der Waals surface area contributed by atoms with Gasteiger partial charge in [-0.2, -0.15) is 8.78 Å². The van der Waals surface area contributed by atoms with Crippen LogP contribution in [0.4, 0.5) is 8.78 Å². The summed E-state index contributed by atoms with van der Waals surface area (Å²) in [7, 11) is 0. The third-order valence-electron chi connectivity index (χ3n) is 4.71. The van der Waals surface area contributed by atoms with Gasteiger partial charge in [0, 0.05) is 0 Å². The molecule has 1 aromatic rings. The fourth-order valence-electron chi connectivity index (χ4n) is 3.20. The zero-order chi connectivity index (χ0) is 18.9. The third kappa shape index (κ3) is 5.41. The fraction of sp³-hybridized carbons (Fsp3) is 0.476. The summed E-state index contributed by atoms with van der Waals surface area (Å²) < 4.78 is 38.1. The Morgan fingerprint density at radius 3 is 2.38 bits per heavy atom. The number of benzene rings is 1. The number of halogens is 2. The van der Waals surface area contributed by atoms with E-state index in [1.54, 1.807) is 13.0 Å². The maximum absolute atomic E-state index is 14.1. The second-order valence-electron chi connectivity index (χ2n) is 6.56. The van der Waals surface area contributed by atoms with E-state index in [4.69, 9.17) is 9.47 Å². The molecule has 0 unspecified atom stereocenters. The number of allylic oxidation sites excluding steroid dienone is 3. The minimum atomic E-state index is -1.21. The van der Waals surface area contributed by atoms with E-state index in [2.05, 4.69) is 6.08 Å². The average molecular weight is 364 g/mol. The van der Waals surface area contributed by atoms with Crippen LogP contribution in [0.3, 0.4) is 0 Å². The summed E-state index contributed by atoms with van der Waals surface area (Å²) in [5.41, 5.74) is 0. The van der Waals surface area contributed by atoms with Gasteiger partial charge < -0.3 is 9.47 Å². The Morgan fingerprint density at radius 1 is 1.08 bits per heavy atom. The summed E-state index contributed by atoms with van der Waals surface area (Å²) in [5, 5.41) is 0. The summed E-state index contributed by atoms with van der Waals surface area (Å²) in [6, 6.07) is 2.47. The summed E-state index contributed by atoms with van der Waals surface area (Å²) in [5.74, 6) is -3.14. The van der Waals surface area contributed by atoms with Gasteiger partial charge in [0.2, 0.25) is 11.6 Å². The molecule has 0 aliphatic heterocycles. The zero-order valence-corrected chi connectivity index (χ0v) is 15.3. The van der Waals surface area contributed by atoms with Crippen LogP contribution in [-0.4, -0.2) is 5.97 Å².